The first kappa shape index (κ1) is 11.7. The number of hydrogen-bond acceptors (Lipinski definition) is 1. The third kappa shape index (κ3) is 2.29. The monoisotopic (exact) mass is 249 g/mol. The maximum atomic E-state index is 10.6. The molecule has 0 unspecified atom stereocenters. The van der Waals surface area contributed by atoms with Crippen molar-refractivity contribution in [2.45, 2.75) is 12.8 Å². The Bertz CT molecular complexity index is 759. The molecule has 1 radical (unpaired) electrons. The highest BCUT2D eigenvalue weighted by Crippen LogP contribution is 2.26. The molecule has 0 saturated heterocycles. The highest BCUT2D eigenvalue weighted by atomic mass is 16.4. The number of carbonyl (C=O) groups excluding carboxylic acids is 1. The van der Waals surface area contributed by atoms with Crippen LogP contribution in [0.4, 0.5) is 0 Å². The van der Waals surface area contributed by atoms with Gasteiger partial charge in [0.2, 0.25) is 0 Å². The van der Waals surface area contributed by atoms with Gasteiger partial charge in [0.1, 0.15) is 0 Å². The smallest absolute Gasteiger partial charge is 0.247 e. The molecule has 0 aliphatic rings. The summed E-state index contributed by atoms with van der Waals surface area (Å²) >= 11 is 0. The predicted octanol–water partition coefficient (Wildman–Crippen LogP) is 3.88. The van der Waals surface area contributed by atoms with E-state index in [0.717, 1.165) is 16.3 Å². The zero-order valence-electron chi connectivity index (χ0n) is 10.4. The van der Waals surface area contributed by atoms with Crippen molar-refractivity contribution < 1.29 is 9.90 Å². The zero-order valence-corrected chi connectivity index (χ0v) is 10.4. The van der Waals surface area contributed by atoms with Crippen LogP contribution in [0, 0.1) is 0 Å². The molecular weight excluding hydrogens is 236 g/mol. The Labute approximate surface area is 111 Å². The maximum absolute atomic E-state index is 10.6. The van der Waals surface area contributed by atoms with Crippen LogP contribution < -0.4 is 0 Å². The Morgan fingerprint density at radius 1 is 0.842 bits per heavy atom. The number of carbonyl (C=O) groups is 1. The zero-order chi connectivity index (χ0) is 13.2. The lowest BCUT2D eigenvalue weighted by Crippen LogP contribution is -1.96. The molecule has 19 heavy (non-hydrogen) atoms. The number of hydrogen-bond donors (Lipinski definition) is 0. The Hall–Kier alpha value is -2.35. The van der Waals surface area contributed by atoms with E-state index in [1.165, 1.54) is 10.8 Å². The van der Waals surface area contributed by atoms with Crippen molar-refractivity contribution in [1.82, 2.24) is 0 Å². The summed E-state index contributed by atoms with van der Waals surface area (Å²) in [5.74, 6) is -1.00. The first-order valence-corrected chi connectivity index (χ1v) is 6.34. The van der Waals surface area contributed by atoms with Crippen molar-refractivity contribution in [3.63, 3.8) is 0 Å². The Morgan fingerprint density at radius 3 is 2.26 bits per heavy atom. The Balaban J connectivity index is 2.17. The van der Waals surface area contributed by atoms with Gasteiger partial charge in [0.05, 0.1) is 6.42 Å². The van der Waals surface area contributed by atoms with E-state index in [9.17, 15) is 9.90 Å². The molecule has 0 aliphatic carbocycles. The van der Waals surface area contributed by atoms with E-state index in [-0.39, 0.29) is 6.42 Å². The molecule has 2 nitrogen and oxygen atoms in total. The van der Waals surface area contributed by atoms with Crippen LogP contribution >= 0.6 is 0 Å². The molecule has 0 atom stereocenters. The second-order valence-corrected chi connectivity index (χ2v) is 4.71. The molecule has 0 N–H and O–H groups in total. The summed E-state index contributed by atoms with van der Waals surface area (Å²) in [7, 11) is 0. The van der Waals surface area contributed by atoms with Gasteiger partial charge in [-0.25, -0.2) is 9.90 Å². The molecule has 0 saturated carbocycles. The van der Waals surface area contributed by atoms with Gasteiger partial charge in [0.15, 0.2) is 0 Å². The molecule has 2 heteroatoms. The second kappa shape index (κ2) is 4.73. The predicted molar refractivity (Wildman–Crippen MR) is 75.5 cm³/mol. The number of aryl methyl sites for hydroxylation is 1. The largest absolute Gasteiger partial charge is 0.355 e. The SMILES string of the molecule is [O]C(=O)CCc1cccc2cc3ccccc3cc12. The summed E-state index contributed by atoms with van der Waals surface area (Å²) in [5.41, 5.74) is 1.06. The molecule has 3 aromatic rings. The van der Waals surface area contributed by atoms with Gasteiger partial charge in [-0.3, -0.25) is 0 Å². The number of rotatable bonds is 3. The van der Waals surface area contributed by atoms with Crippen molar-refractivity contribution >= 4 is 27.5 Å². The molecule has 0 bridgehead atoms. The third-order valence-electron chi connectivity index (χ3n) is 3.44. The molecular formula is C17H13O2. The van der Waals surface area contributed by atoms with Crippen LogP contribution in [-0.2, 0) is 16.3 Å². The fraction of sp³-hybridized carbons (Fsp3) is 0.118. The van der Waals surface area contributed by atoms with Gasteiger partial charge in [-0.2, -0.15) is 0 Å². The van der Waals surface area contributed by atoms with Gasteiger partial charge in [0, 0.05) is 0 Å². The standard InChI is InChI=1S/C17H13O2/c18-17(19)9-8-12-6-3-7-15-10-13-4-1-2-5-14(13)11-16(12)15/h1-7,10-11H,8-9H2. The normalized spacial score (nSPS) is 10.9. The lowest BCUT2D eigenvalue weighted by molar-refractivity contribution is -0.143. The van der Waals surface area contributed by atoms with Crippen LogP contribution in [0.5, 0.6) is 0 Å². The average molecular weight is 249 g/mol. The van der Waals surface area contributed by atoms with Gasteiger partial charge >= 0.3 is 5.97 Å². The van der Waals surface area contributed by atoms with E-state index in [1.54, 1.807) is 0 Å². The van der Waals surface area contributed by atoms with Crippen LogP contribution in [0.2, 0.25) is 0 Å². The van der Waals surface area contributed by atoms with E-state index < -0.39 is 5.97 Å². The highest BCUT2D eigenvalue weighted by molar-refractivity contribution is 5.99. The minimum atomic E-state index is -1.00. The first-order chi connectivity index (χ1) is 9.24. The molecule has 0 amide bonds. The van der Waals surface area contributed by atoms with Crippen LogP contribution in [0.3, 0.4) is 0 Å². The van der Waals surface area contributed by atoms with Crippen molar-refractivity contribution in [2.75, 3.05) is 0 Å². The van der Waals surface area contributed by atoms with Gasteiger partial charge in [-0.1, -0.05) is 42.5 Å². The maximum Gasteiger partial charge on any atom is 0.355 e. The highest BCUT2D eigenvalue weighted by Gasteiger charge is 2.06. The van der Waals surface area contributed by atoms with Gasteiger partial charge in [-0.05, 0) is 45.7 Å². The van der Waals surface area contributed by atoms with Crippen molar-refractivity contribution in [1.29, 1.82) is 0 Å². The van der Waals surface area contributed by atoms with Crippen LogP contribution in [0.25, 0.3) is 21.5 Å². The molecule has 93 valence electrons. The minimum Gasteiger partial charge on any atom is -0.247 e. The quantitative estimate of drug-likeness (QED) is 0.649. The molecule has 3 aromatic carbocycles. The Morgan fingerprint density at radius 2 is 1.53 bits per heavy atom. The van der Waals surface area contributed by atoms with E-state index in [2.05, 4.69) is 30.3 Å². The summed E-state index contributed by atoms with van der Waals surface area (Å²) < 4.78 is 0. The van der Waals surface area contributed by atoms with E-state index >= 15 is 0 Å². The summed E-state index contributed by atoms with van der Waals surface area (Å²) in [6.45, 7) is 0. The summed E-state index contributed by atoms with van der Waals surface area (Å²) in [5, 5.41) is 15.3. The number of benzene rings is 3. The van der Waals surface area contributed by atoms with E-state index in [0.29, 0.717) is 6.42 Å². The van der Waals surface area contributed by atoms with Crippen molar-refractivity contribution in [2.24, 2.45) is 0 Å². The third-order valence-corrected chi connectivity index (χ3v) is 3.44. The van der Waals surface area contributed by atoms with Crippen molar-refractivity contribution in [3.8, 4) is 0 Å². The van der Waals surface area contributed by atoms with Gasteiger partial charge < -0.3 is 0 Å². The molecule has 0 heterocycles. The molecule has 0 fully saturated rings. The van der Waals surface area contributed by atoms with Crippen molar-refractivity contribution in [3.05, 3.63) is 60.2 Å². The van der Waals surface area contributed by atoms with E-state index in [1.807, 2.05) is 24.3 Å². The summed E-state index contributed by atoms with van der Waals surface area (Å²) in [6.07, 6.45) is 0.573. The fourth-order valence-electron chi connectivity index (χ4n) is 2.49. The van der Waals surface area contributed by atoms with Crippen LogP contribution in [0.1, 0.15) is 12.0 Å². The molecule has 3 rings (SSSR count). The lowest BCUT2D eigenvalue weighted by atomic mass is 9.97. The number of fused-ring (bicyclic) bond motifs is 2. The van der Waals surface area contributed by atoms with E-state index in [4.69, 9.17) is 0 Å². The summed E-state index contributed by atoms with van der Waals surface area (Å²) in [4.78, 5) is 10.6. The topological polar surface area (TPSA) is 37.0 Å². The molecule has 0 spiro atoms. The Kier molecular flexibility index (Phi) is 2.92. The first-order valence-electron chi connectivity index (χ1n) is 6.34. The molecule has 0 aliphatic heterocycles. The van der Waals surface area contributed by atoms with Gasteiger partial charge in [-0.15, -0.1) is 0 Å². The van der Waals surface area contributed by atoms with Crippen LogP contribution in [0.15, 0.2) is 54.6 Å². The fourth-order valence-corrected chi connectivity index (χ4v) is 2.49. The average Bonchev–Trinajstić information content (AvgIpc) is 2.42. The van der Waals surface area contributed by atoms with Gasteiger partial charge in [0.25, 0.3) is 0 Å². The second-order valence-electron chi connectivity index (χ2n) is 4.71. The summed E-state index contributed by atoms with van der Waals surface area (Å²) in [6, 6.07) is 18.5. The molecule has 0 aromatic heterocycles. The minimum absolute atomic E-state index is 0.0614. The lowest BCUT2D eigenvalue weighted by Gasteiger charge is -2.07. The van der Waals surface area contributed by atoms with Crippen LogP contribution in [-0.4, -0.2) is 5.97 Å².